The molecule has 0 radical (unpaired) electrons. The van der Waals surface area contributed by atoms with E-state index in [4.69, 9.17) is 28.7 Å². The van der Waals surface area contributed by atoms with Crippen molar-refractivity contribution in [1.29, 1.82) is 0 Å². The Kier molecular flexibility index (Phi) is 3.44. The summed E-state index contributed by atoms with van der Waals surface area (Å²) < 4.78 is 0.975. The number of anilines is 3. The van der Waals surface area contributed by atoms with Crippen LogP contribution >= 0.6 is 0 Å². The molecule has 2 amide bonds. The lowest BCUT2D eigenvalue weighted by Gasteiger charge is -2.36. The van der Waals surface area contributed by atoms with Crippen molar-refractivity contribution in [3.05, 3.63) is 22.2 Å². The lowest BCUT2D eigenvalue weighted by Crippen LogP contribution is -2.68. The molecule has 0 saturated carbocycles. The second-order valence-corrected chi connectivity index (χ2v) is 6.05. The van der Waals surface area contributed by atoms with Crippen LogP contribution in [0.25, 0.3) is 10.9 Å². The Morgan fingerprint density at radius 3 is 2.52 bits per heavy atom. The van der Waals surface area contributed by atoms with Crippen molar-refractivity contribution in [3.63, 3.8) is 0 Å². The monoisotopic (exact) mass is 346 g/mol. The lowest BCUT2D eigenvalue weighted by atomic mass is 9.94. The smallest absolute Gasteiger partial charge is 0.267 e. The molecule has 1 aromatic carbocycles. The zero-order valence-electron chi connectivity index (χ0n) is 13.4. The van der Waals surface area contributed by atoms with Gasteiger partial charge in [-0.05, 0) is 13.0 Å². The Hall–Kier alpha value is -3.18. The van der Waals surface area contributed by atoms with Crippen molar-refractivity contribution >= 4 is 39.8 Å². The van der Waals surface area contributed by atoms with Crippen LogP contribution < -0.4 is 39.5 Å². The van der Waals surface area contributed by atoms with Crippen molar-refractivity contribution in [1.82, 2.24) is 14.9 Å². The van der Waals surface area contributed by atoms with Crippen LogP contribution in [0.15, 0.2) is 10.9 Å². The van der Waals surface area contributed by atoms with E-state index in [1.54, 1.807) is 0 Å². The molecule has 25 heavy (non-hydrogen) atoms. The number of nitrogens with zero attached hydrogens (tertiary/aromatic N) is 2. The average molecular weight is 346 g/mol. The number of hydrogen-bond donors (Lipinski definition) is 6. The number of piperidine rings is 1. The first kappa shape index (κ1) is 16.7. The summed E-state index contributed by atoms with van der Waals surface area (Å²) in [4.78, 5) is 41.2. The summed E-state index contributed by atoms with van der Waals surface area (Å²) in [6.45, 7) is 1.48. The highest BCUT2D eigenvalue weighted by Gasteiger charge is 2.46. The maximum absolute atomic E-state index is 13.0. The van der Waals surface area contributed by atoms with Gasteiger partial charge in [-0.2, -0.15) is 0 Å². The van der Waals surface area contributed by atoms with Crippen LogP contribution in [0, 0.1) is 6.92 Å². The summed E-state index contributed by atoms with van der Waals surface area (Å²) in [6, 6.07) is 0.276. The summed E-state index contributed by atoms with van der Waals surface area (Å²) in [5.74, 6) is -1.41. The number of rotatable bonds is 1. The largest absolute Gasteiger partial charge is 0.398 e. The second-order valence-electron chi connectivity index (χ2n) is 6.05. The molecule has 2 heterocycles. The number of amides is 2. The number of fused-ring (bicyclic) bond motifs is 1. The molecule has 132 valence electrons. The predicted octanol–water partition coefficient (Wildman–Crippen LogP) is -2.56. The van der Waals surface area contributed by atoms with Gasteiger partial charge in [-0.25, -0.2) is 4.98 Å². The molecule has 11 N–H and O–H groups in total. The number of aryl methyl sites for hydroxylation is 1. The van der Waals surface area contributed by atoms with Gasteiger partial charge >= 0.3 is 0 Å². The molecule has 2 aromatic rings. The van der Waals surface area contributed by atoms with Crippen molar-refractivity contribution in [3.8, 4) is 0 Å². The highest BCUT2D eigenvalue weighted by molar-refractivity contribution is 6.05. The van der Waals surface area contributed by atoms with Crippen molar-refractivity contribution in [2.24, 2.45) is 11.5 Å². The number of benzene rings is 1. The number of hydrogen-bond acceptors (Lipinski definition) is 9. The third kappa shape index (κ3) is 2.21. The van der Waals surface area contributed by atoms with Gasteiger partial charge in [0.25, 0.3) is 11.5 Å². The molecule has 2 atom stereocenters. The average Bonchev–Trinajstić information content (AvgIpc) is 2.50. The van der Waals surface area contributed by atoms with Crippen LogP contribution in [-0.2, 0) is 15.3 Å². The number of nitrogens with one attached hydrogen (secondary N) is 1. The van der Waals surface area contributed by atoms with Gasteiger partial charge in [0, 0.05) is 12.1 Å². The van der Waals surface area contributed by atoms with Crippen LogP contribution in [0.1, 0.15) is 12.2 Å². The number of carbonyl (C=O) groups excluding carboxylic acids is 2. The summed E-state index contributed by atoms with van der Waals surface area (Å²) in [6.07, 6.45) is -0.268. The summed E-state index contributed by atoms with van der Waals surface area (Å²) >= 11 is 0. The Labute approximate surface area is 141 Å². The minimum Gasteiger partial charge on any atom is -0.398 e. The van der Waals surface area contributed by atoms with Gasteiger partial charge in [-0.15, -0.1) is 0 Å². The topological polar surface area (TPSA) is 211 Å². The first-order valence-electron chi connectivity index (χ1n) is 7.35. The number of carbonyl (C=O) groups is 2. The van der Waals surface area contributed by atoms with Gasteiger partial charge in [0.05, 0.1) is 22.8 Å². The standard InChI is InChI=1S/C14H18N8O3/c1-4-20-10-8(5(15)2-6(16)9(10)18)12(24)22(4)14(19)3-7(17)11(23)21-13(14)25/h2,7H,3,15-19H2,1H3,(H,21,23,25). The molecule has 2 unspecified atom stereocenters. The zero-order valence-corrected chi connectivity index (χ0v) is 13.4. The molecule has 0 spiro atoms. The Bertz CT molecular complexity index is 998. The zero-order chi connectivity index (χ0) is 18.7. The molecular formula is C14H18N8O3. The first-order valence-corrected chi connectivity index (χ1v) is 7.35. The van der Waals surface area contributed by atoms with Gasteiger partial charge in [-0.3, -0.25) is 24.3 Å². The number of imide groups is 1. The van der Waals surface area contributed by atoms with Crippen molar-refractivity contribution in [2.75, 3.05) is 17.2 Å². The summed E-state index contributed by atoms with van der Waals surface area (Å²) in [5, 5.41) is 2.05. The highest BCUT2D eigenvalue weighted by Crippen LogP contribution is 2.30. The fourth-order valence-electron chi connectivity index (χ4n) is 3.03. The van der Waals surface area contributed by atoms with E-state index in [1.807, 2.05) is 0 Å². The van der Waals surface area contributed by atoms with Crippen LogP contribution in [0.4, 0.5) is 17.1 Å². The quantitative estimate of drug-likeness (QED) is 0.236. The molecule has 1 fully saturated rings. The Morgan fingerprint density at radius 2 is 1.88 bits per heavy atom. The van der Waals surface area contributed by atoms with Gasteiger partial charge in [0.15, 0.2) is 5.66 Å². The van der Waals surface area contributed by atoms with E-state index in [-0.39, 0.29) is 40.2 Å². The molecular weight excluding hydrogens is 328 g/mol. The molecule has 1 saturated heterocycles. The molecule has 3 rings (SSSR count). The van der Waals surface area contributed by atoms with Crippen LogP contribution in [0.5, 0.6) is 0 Å². The molecule has 11 nitrogen and oxygen atoms in total. The van der Waals surface area contributed by atoms with Crippen molar-refractivity contribution < 1.29 is 9.59 Å². The summed E-state index contributed by atoms with van der Waals surface area (Å²) in [7, 11) is 0. The number of nitrogens with two attached hydrogens (primary N) is 5. The van der Waals surface area contributed by atoms with E-state index in [2.05, 4.69) is 10.3 Å². The minimum absolute atomic E-state index is 0.0135. The maximum Gasteiger partial charge on any atom is 0.267 e. The predicted molar refractivity (Wildman–Crippen MR) is 91.9 cm³/mol. The fraction of sp³-hybridized carbons (Fsp3) is 0.286. The van der Waals surface area contributed by atoms with Crippen LogP contribution in [-0.4, -0.2) is 27.4 Å². The fourth-order valence-corrected chi connectivity index (χ4v) is 3.03. The third-order valence-electron chi connectivity index (χ3n) is 4.31. The van der Waals surface area contributed by atoms with Crippen LogP contribution in [0.3, 0.4) is 0 Å². The van der Waals surface area contributed by atoms with E-state index < -0.39 is 29.1 Å². The number of aromatic nitrogens is 2. The molecule has 1 aliphatic rings. The second kappa shape index (κ2) is 5.16. The van der Waals surface area contributed by atoms with E-state index in [0.29, 0.717) is 0 Å². The lowest BCUT2D eigenvalue weighted by molar-refractivity contribution is -0.142. The van der Waals surface area contributed by atoms with Crippen LogP contribution in [0.2, 0.25) is 0 Å². The van der Waals surface area contributed by atoms with Gasteiger partial charge in [0.1, 0.15) is 11.3 Å². The highest BCUT2D eigenvalue weighted by atomic mass is 16.2. The Morgan fingerprint density at radius 1 is 1.24 bits per heavy atom. The van der Waals surface area contributed by atoms with Gasteiger partial charge < -0.3 is 28.7 Å². The number of nitrogen functional groups attached to an aromatic ring is 3. The van der Waals surface area contributed by atoms with Gasteiger partial charge in [0.2, 0.25) is 5.91 Å². The van der Waals surface area contributed by atoms with E-state index in [0.717, 1.165) is 4.57 Å². The molecule has 0 bridgehead atoms. The molecule has 1 aliphatic heterocycles. The van der Waals surface area contributed by atoms with E-state index in [9.17, 15) is 14.4 Å². The SMILES string of the molecule is Cc1nc2c(N)c(N)cc(N)c2c(=O)n1C1(N)CC(N)C(=O)NC1=O. The Balaban J connectivity index is 2.37. The summed E-state index contributed by atoms with van der Waals surface area (Å²) in [5.41, 5.74) is 27.3. The first-order chi connectivity index (χ1) is 11.6. The molecule has 11 heteroatoms. The van der Waals surface area contributed by atoms with E-state index >= 15 is 0 Å². The minimum atomic E-state index is -1.89. The maximum atomic E-state index is 13.0. The normalized spacial score (nSPS) is 23.7. The van der Waals surface area contributed by atoms with Crippen molar-refractivity contribution in [2.45, 2.75) is 25.0 Å². The van der Waals surface area contributed by atoms with Gasteiger partial charge in [-0.1, -0.05) is 0 Å². The van der Waals surface area contributed by atoms with E-state index in [1.165, 1.54) is 13.0 Å². The third-order valence-corrected chi connectivity index (χ3v) is 4.31. The molecule has 0 aliphatic carbocycles. The molecule has 1 aromatic heterocycles.